The van der Waals surface area contributed by atoms with E-state index in [1.165, 1.54) is 0 Å². The van der Waals surface area contributed by atoms with Crippen molar-refractivity contribution in [2.45, 2.75) is 6.54 Å². The minimum Gasteiger partial charge on any atom is -0.378 e. The normalized spacial score (nSPS) is 14.2. The molecule has 2 aromatic carbocycles. The van der Waals surface area contributed by atoms with Gasteiger partial charge < -0.3 is 20.3 Å². The van der Waals surface area contributed by atoms with Crippen LogP contribution in [0.1, 0.15) is 5.56 Å². The van der Waals surface area contributed by atoms with Crippen molar-refractivity contribution >= 4 is 28.9 Å². The SMILES string of the molecule is O=C(CNc1ccccc1N1CCOCC1)NCc1ccccc1Cl. The van der Waals surface area contributed by atoms with Gasteiger partial charge in [-0.3, -0.25) is 4.79 Å². The number of hydrogen-bond donors (Lipinski definition) is 2. The standard InChI is InChI=1S/C19H22ClN3O2/c20-16-6-2-1-5-15(16)13-22-19(24)14-21-17-7-3-4-8-18(17)23-9-11-25-12-10-23/h1-8,21H,9-14H2,(H,22,24). The molecule has 1 heterocycles. The summed E-state index contributed by atoms with van der Waals surface area (Å²) in [6, 6.07) is 15.5. The molecule has 0 unspecified atom stereocenters. The Bertz CT molecular complexity index is 717. The molecule has 0 aromatic heterocycles. The zero-order valence-corrected chi connectivity index (χ0v) is 14.8. The molecule has 1 saturated heterocycles. The number of carbonyl (C=O) groups excluding carboxylic acids is 1. The lowest BCUT2D eigenvalue weighted by molar-refractivity contribution is -0.119. The van der Waals surface area contributed by atoms with E-state index in [9.17, 15) is 4.79 Å². The predicted octanol–water partition coefficient (Wildman–Crippen LogP) is 2.90. The lowest BCUT2D eigenvalue weighted by Crippen LogP contribution is -2.37. The lowest BCUT2D eigenvalue weighted by Gasteiger charge is -2.30. The summed E-state index contributed by atoms with van der Waals surface area (Å²) < 4.78 is 5.41. The number of para-hydroxylation sites is 2. The molecule has 0 radical (unpaired) electrons. The monoisotopic (exact) mass is 359 g/mol. The van der Waals surface area contributed by atoms with Gasteiger partial charge in [-0.15, -0.1) is 0 Å². The van der Waals surface area contributed by atoms with Gasteiger partial charge in [-0.05, 0) is 23.8 Å². The first-order valence-electron chi connectivity index (χ1n) is 8.40. The van der Waals surface area contributed by atoms with E-state index in [-0.39, 0.29) is 12.5 Å². The number of nitrogens with zero attached hydrogens (tertiary/aromatic N) is 1. The maximum Gasteiger partial charge on any atom is 0.239 e. The molecule has 6 heteroatoms. The summed E-state index contributed by atoms with van der Waals surface area (Å²) in [6.45, 7) is 3.81. The van der Waals surface area contributed by atoms with Crippen LogP contribution < -0.4 is 15.5 Å². The molecule has 1 fully saturated rings. The number of amides is 1. The van der Waals surface area contributed by atoms with Crippen LogP contribution in [0.25, 0.3) is 0 Å². The van der Waals surface area contributed by atoms with Gasteiger partial charge in [0, 0.05) is 24.7 Å². The molecule has 1 amide bonds. The highest BCUT2D eigenvalue weighted by Gasteiger charge is 2.14. The van der Waals surface area contributed by atoms with Crippen molar-refractivity contribution in [2.24, 2.45) is 0 Å². The maximum absolute atomic E-state index is 12.1. The summed E-state index contributed by atoms with van der Waals surface area (Å²) in [7, 11) is 0. The van der Waals surface area contributed by atoms with Gasteiger partial charge in [0.1, 0.15) is 0 Å². The molecule has 132 valence electrons. The molecular formula is C19H22ClN3O2. The van der Waals surface area contributed by atoms with Gasteiger partial charge in [-0.2, -0.15) is 0 Å². The Labute approximate surface area is 152 Å². The number of ether oxygens (including phenoxy) is 1. The van der Waals surface area contributed by atoms with Crippen LogP contribution >= 0.6 is 11.6 Å². The number of morpholine rings is 1. The highest BCUT2D eigenvalue weighted by molar-refractivity contribution is 6.31. The Balaban J connectivity index is 1.54. The zero-order valence-electron chi connectivity index (χ0n) is 14.0. The van der Waals surface area contributed by atoms with Crippen LogP contribution in [0.15, 0.2) is 48.5 Å². The molecule has 5 nitrogen and oxygen atoms in total. The average Bonchev–Trinajstić information content (AvgIpc) is 2.66. The van der Waals surface area contributed by atoms with Crippen molar-refractivity contribution in [3.63, 3.8) is 0 Å². The molecule has 2 aromatic rings. The van der Waals surface area contributed by atoms with E-state index < -0.39 is 0 Å². The van der Waals surface area contributed by atoms with E-state index >= 15 is 0 Å². The van der Waals surface area contributed by atoms with Crippen LogP contribution in [0.5, 0.6) is 0 Å². The smallest absolute Gasteiger partial charge is 0.239 e. The number of anilines is 2. The van der Waals surface area contributed by atoms with Crippen LogP contribution in [0.4, 0.5) is 11.4 Å². The van der Waals surface area contributed by atoms with Crippen molar-refractivity contribution < 1.29 is 9.53 Å². The minimum absolute atomic E-state index is 0.0725. The second-order valence-corrected chi connectivity index (χ2v) is 6.25. The van der Waals surface area contributed by atoms with Gasteiger partial charge in [-0.1, -0.05) is 41.9 Å². The van der Waals surface area contributed by atoms with Crippen molar-refractivity contribution in [3.05, 3.63) is 59.1 Å². The molecule has 0 spiro atoms. The van der Waals surface area contributed by atoms with Gasteiger partial charge >= 0.3 is 0 Å². The highest BCUT2D eigenvalue weighted by atomic mass is 35.5. The quantitative estimate of drug-likeness (QED) is 0.832. The molecule has 1 aliphatic heterocycles. The number of hydrogen-bond acceptors (Lipinski definition) is 4. The summed E-state index contributed by atoms with van der Waals surface area (Å²) in [5, 5.41) is 6.78. The first kappa shape index (κ1) is 17.6. The van der Waals surface area contributed by atoms with Crippen LogP contribution in [0.3, 0.4) is 0 Å². The molecule has 0 bridgehead atoms. The average molecular weight is 360 g/mol. The van der Waals surface area contributed by atoms with E-state index in [2.05, 4.69) is 21.6 Å². The Hall–Kier alpha value is -2.24. The number of halogens is 1. The number of carbonyl (C=O) groups is 1. The summed E-state index contributed by atoms with van der Waals surface area (Å²) in [6.07, 6.45) is 0. The number of rotatable bonds is 6. The highest BCUT2D eigenvalue weighted by Crippen LogP contribution is 2.26. The van der Waals surface area contributed by atoms with E-state index in [4.69, 9.17) is 16.3 Å². The fourth-order valence-electron chi connectivity index (χ4n) is 2.78. The topological polar surface area (TPSA) is 53.6 Å². The van der Waals surface area contributed by atoms with Gasteiger partial charge in [0.15, 0.2) is 0 Å². The fraction of sp³-hybridized carbons (Fsp3) is 0.316. The van der Waals surface area contributed by atoms with Crippen molar-refractivity contribution in [1.29, 1.82) is 0 Å². The third kappa shape index (κ3) is 4.87. The Kier molecular flexibility index (Phi) is 6.14. The van der Waals surface area contributed by atoms with Crippen LogP contribution in [0.2, 0.25) is 5.02 Å². The van der Waals surface area contributed by atoms with Gasteiger partial charge in [-0.25, -0.2) is 0 Å². The Morgan fingerprint density at radius 3 is 2.60 bits per heavy atom. The molecule has 3 rings (SSSR count). The van der Waals surface area contributed by atoms with Gasteiger partial charge in [0.2, 0.25) is 5.91 Å². The van der Waals surface area contributed by atoms with Crippen LogP contribution in [-0.2, 0) is 16.1 Å². The van der Waals surface area contributed by atoms with Gasteiger partial charge in [0.05, 0.1) is 31.1 Å². The molecule has 2 N–H and O–H groups in total. The Morgan fingerprint density at radius 2 is 1.80 bits per heavy atom. The van der Waals surface area contributed by atoms with E-state index in [0.717, 1.165) is 43.2 Å². The largest absolute Gasteiger partial charge is 0.378 e. The fourth-order valence-corrected chi connectivity index (χ4v) is 2.98. The molecule has 0 atom stereocenters. The lowest BCUT2D eigenvalue weighted by atomic mass is 10.2. The maximum atomic E-state index is 12.1. The van der Waals surface area contributed by atoms with Crippen molar-refractivity contribution in [1.82, 2.24) is 5.32 Å². The first-order valence-corrected chi connectivity index (χ1v) is 8.77. The molecular weight excluding hydrogens is 338 g/mol. The van der Waals surface area contributed by atoms with Crippen molar-refractivity contribution in [3.8, 4) is 0 Å². The third-order valence-electron chi connectivity index (χ3n) is 4.13. The summed E-state index contributed by atoms with van der Waals surface area (Å²) >= 11 is 6.10. The van der Waals surface area contributed by atoms with Crippen LogP contribution in [0, 0.1) is 0 Å². The third-order valence-corrected chi connectivity index (χ3v) is 4.50. The zero-order chi connectivity index (χ0) is 17.5. The predicted molar refractivity (Wildman–Crippen MR) is 101 cm³/mol. The summed E-state index contributed by atoms with van der Waals surface area (Å²) in [5.41, 5.74) is 2.97. The van der Waals surface area contributed by atoms with Crippen LogP contribution in [-0.4, -0.2) is 38.8 Å². The number of nitrogens with one attached hydrogen (secondary N) is 2. The minimum atomic E-state index is -0.0725. The van der Waals surface area contributed by atoms with E-state index in [1.807, 2.05) is 42.5 Å². The first-order chi connectivity index (χ1) is 12.2. The van der Waals surface area contributed by atoms with Crippen molar-refractivity contribution in [2.75, 3.05) is 43.1 Å². The van der Waals surface area contributed by atoms with E-state index in [0.29, 0.717) is 11.6 Å². The summed E-state index contributed by atoms with van der Waals surface area (Å²) in [5.74, 6) is -0.0725. The second-order valence-electron chi connectivity index (χ2n) is 5.84. The molecule has 0 aliphatic carbocycles. The number of benzene rings is 2. The Morgan fingerprint density at radius 1 is 1.08 bits per heavy atom. The molecule has 0 saturated carbocycles. The van der Waals surface area contributed by atoms with E-state index in [1.54, 1.807) is 0 Å². The molecule has 25 heavy (non-hydrogen) atoms. The van der Waals surface area contributed by atoms with Gasteiger partial charge in [0.25, 0.3) is 0 Å². The second kappa shape index (κ2) is 8.74. The molecule has 1 aliphatic rings. The summed E-state index contributed by atoms with van der Waals surface area (Å²) in [4.78, 5) is 14.4.